The van der Waals surface area contributed by atoms with Crippen molar-refractivity contribution in [2.75, 3.05) is 11.8 Å². The summed E-state index contributed by atoms with van der Waals surface area (Å²) in [6, 6.07) is 6.04. The Labute approximate surface area is 119 Å². The predicted molar refractivity (Wildman–Crippen MR) is 77.6 cm³/mol. The van der Waals surface area contributed by atoms with Gasteiger partial charge >= 0.3 is 0 Å². The minimum atomic E-state index is -0.542. The van der Waals surface area contributed by atoms with Crippen LogP contribution in [0, 0.1) is 13.8 Å². The molecule has 2 nitrogen and oxygen atoms in total. The highest BCUT2D eigenvalue weighted by molar-refractivity contribution is 6.22. The summed E-state index contributed by atoms with van der Waals surface area (Å²) in [5, 5.41) is 2.87. The van der Waals surface area contributed by atoms with E-state index in [2.05, 4.69) is 12.2 Å². The normalized spacial score (nSPS) is 11.4. The lowest BCUT2D eigenvalue weighted by molar-refractivity contribution is -0.121. The molecule has 18 heavy (non-hydrogen) atoms. The molecule has 0 saturated heterocycles. The van der Waals surface area contributed by atoms with Crippen LogP contribution in [0.1, 0.15) is 23.6 Å². The van der Waals surface area contributed by atoms with Crippen LogP contribution in [-0.2, 0) is 11.2 Å². The van der Waals surface area contributed by atoms with Gasteiger partial charge in [0.2, 0.25) is 5.91 Å². The third kappa shape index (κ3) is 4.18. The average Bonchev–Trinajstić information content (AvgIpc) is 2.33. The van der Waals surface area contributed by atoms with Crippen molar-refractivity contribution in [2.24, 2.45) is 0 Å². The molecule has 0 spiro atoms. The molecule has 0 atom stereocenters. The van der Waals surface area contributed by atoms with Gasteiger partial charge in [-0.1, -0.05) is 18.2 Å². The summed E-state index contributed by atoms with van der Waals surface area (Å²) < 4.78 is 0. The highest BCUT2D eigenvalue weighted by atomic mass is 35.5. The van der Waals surface area contributed by atoms with Gasteiger partial charge in [-0.3, -0.25) is 4.79 Å². The summed E-state index contributed by atoms with van der Waals surface area (Å²) >= 11 is 11.6. The van der Waals surface area contributed by atoms with Crippen LogP contribution in [0.4, 0.5) is 0 Å². The van der Waals surface area contributed by atoms with E-state index in [0.29, 0.717) is 18.2 Å². The summed E-state index contributed by atoms with van der Waals surface area (Å²) in [6.45, 7) is 5.93. The van der Waals surface area contributed by atoms with Crippen molar-refractivity contribution in [2.45, 2.75) is 32.7 Å². The van der Waals surface area contributed by atoms with Crippen LogP contribution in [0.15, 0.2) is 18.2 Å². The van der Waals surface area contributed by atoms with Crippen LogP contribution >= 0.6 is 23.2 Å². The van der Waals surface area contributed by atoms with Gasteiger partial charge in [0.05, 0.1) is 12.0 Å². The lowest BCUT2D eigenvalue weighted by Crippen LogP contribution is -2.49. The second kappa shape index (κ2) is 6.44. The number of aryl methyl sites for hydroxylation is 2. The van der Waals surface area contributed by atoms with Crippen LogP contribution in [-0.4, -0.2) is 23.2 Å². The molecular weight excluding hydrogens is 269 g/mol. The van der Waals surface area contributed by atoms with Crippen LogP contribution in [0.3, 0.4) is 0 Å². The smallest absolute Gasteiger partial charge is 0.224 e. The SMILES string of the molecule is Cc1ccc(CC(=O)NC(C)(CCl)CCl)cc1C. The van der Waals surface area contributed by atoms with Crippen molar-refractivity contribution in [1.29, 1.82) is 0 Å². The molecule has 0 heterocycles. The quantitative estimate of drug-likeness (QED) is 0.828. The number of alkyl halides is 2. The lowest BCUT2D eigenvalue weighted by Gasteiger charge is -2.25. The number of nitrogens with one attached hydrogen (secondary N) is 1. The number of hydrogen-bond acceptors (Lipinski definition) is 1. The Bertz CT molecular complexity index is 428. The molecule has 1 aromatic carbocycles. The van der Waals surface area contributed by atoms with Gasteiger partial charge < -0.3 is 5.32 Å². The lowest BCUT2D eigenvalue weighted by atomic mass is 10.0. The second-order valence-electron chi connectivity index (χ2n) is 4.97. The summed E-state index contributed by atoms with van der Waals surface area (Å²) in [5.41, 5.74) is 2.88. The summed E-state index contributed by atoms with van der Waals surface area (Å²) in [7, 11) is 0. The van der Waals surface area contributed by atoms with Gasteiger partial charge in [0.1, 0.15) is 0 Å². The molecule has 0 aliphatic carbocycles. The highest BCUT2D eigenvalue weighted by Gasteiger charge is 2.24. The first-order chi connectivity index (χ1) is 8.40. The third-order valence-electron chi connectivity index (χ3n) is 2.97. The number of carbonyl (C=O) groups excluding carboxylic acids is 1. The van der Waals surface area contributed by atoms with Crippen molar-refractivity contribution in [3.05, 3.63) is 34.9 Å². The molecule has 0 aliphatic heterocycles. The molecule has 1 amide bonds. The molecule has 0 aliphatic rings. The molecule has 1 aromatic rings. The minimum absolute atomic E-state index is 0.0537. The summed E-state index contributed by atoms with van der Waals surface area (Å²) in [5.74, 6) is 0.548. The zero-order valence-electron chi connectivity index (χ0n) is 11.0. The Hall–Kier alpha value is -0.730. The van der Waals surface area contributed by atoms with E-state index in [1.54, 1.807) is 0 Å². The Morgan fingerprint density at radius 3 is 2.33 bits per heavy atom. The van der Waals surface area contributed by atoms with Crippen molar-refractivity contribution in [3.63, 3.8) is 0 Å². The van der Waals surface area contributed by atoms with Crippen LogP contribution in [0.5, 0.6) is 0 Å². The first kappa shape index (κ1) is 15.3. The first-order valence-corrected chi connectivity index (χ1v) is 6.96. The molecule has 100 valence electrons. The number of benzene rings is 1. The van der Waals surface area contributed by atoms with E-state index in [1.165, 1.54) is 11.1 Å². The standard InChI is InChI=1S/C14H19Cl2NO/c1-10-4-5-12(6-11(10)2)7-13(18)17-14(3,8-15)9-16/h4-6H,7-9H2,1-3H3,(H,17,18). The van der Waals surface area contributed by atoms with E-state index in [0.717, 1.165) is 5.56 Å². The molecule has 0 radical (unpaired) electrons. The fourth-order valence-electron chi connectivity index (χ4n) is 1.58. The van der Waals surface area contributed by atoms with E-state index < -0.39 is 5.54 Å². The number of carbonyl (C=O) groups is 1. The molecular formula is C14H19Cl2NO. The molecule has 0 unspecified atom stereocenters. The molecule has 4 heteroatoms. The maximum atomic E-state index is 11.9. The van der Waals surface area contributed by atoms with Gasteiger partial charge in [-0.05, 0) is 37.5 Å². The zero-order chi connectivity index (χ0) is 13.8. The molecule has 0 fully saturated rings. The monoisotopic (exact) mass is 287 g/mol. The van der Waals surface area contributed by atoms with Gasteiger partial charge in [0, 0.05) is 11.8 Å². The third-order valence-corrected chi connectivity index (χ3v) is 4.15. The van der Waals surface area contributed by atoms with Crippen LogP contribution < -0.4 is 5.32 Å². The second-order valence-corrected chi connectivity index (χ2v) is 5.51. The predicted octanol–water partition coefficient (Wildman–Crippen LogP) is 3.20. The Morgan fingerprint density at radius 1 is 1.22 bits per heavy atom. The van der Waals surface area contributed by atoms with E-state index in [9.17, 15) is 4.79 Å². The Morgan fingerprint density at radius 2 is 1.83 bits per heavy atom. The van der Waals surface area contributed by atoms with Crippen LogP contribution in [0.2, 0.25) is 0 Å². The van der Waals surface area contributed by atoms with Gasteiger partial charge in [-0.2, -0.15) is 0 Å². The van der Waals surface area contributed by atoms with Crippen molar-refractivity contribution in [3.8, 4) is 0 Å². The summed E-state index contributed by atoms with van der Waals surface area (Å²) in [6.07, 6.45) is 0.352. The molecule has 0 aromatic heterocycles. The van der Waals surface area contributed by atoms with Crippen molar-refractivity contribution < 1.29 is 4.79 Å². The van der Waals surface area contributed by atoms with Gasteiger partial charge in [0.15, 0.2) is 0 Å². The maximum absolute atomic E-state index is 11.9. The maximum Gasteiger partial charge on any atom is 0.224 e. The van der Waals surface area contributed by atoms with E-state index >= 15 is 0 Å². The van der Waals surface area contributed by atoms with Gasteiger partial charge in [0.25, 0.3) is 0 Å². The fraction of sp³-hybridized carbons (Fsp3) is 0.500. The molecule has 1 N–H and O–H groups in total. The van der Waals surface area contributed by atoms with Gasteiger partial charge in [-0.25, -0.2) is 0 Å². The highest BCUT2D eigenvalue weighted by Crippen LogP contribution is 2.12. The van der Waals surface area contributed by atoms with E-state index in [4.69, 9.17) is 23.2 Å². The minimum Gasteiger partial charge on any atom is -0.348 e. The van der Waals surface area contributed by atoms with Crippen molar-refractivity contribution >= 4 is 29.1 Å². The van der Waals surface area contributed by atoms with E-state index in [-0.39, 0.29) is 5.91 Å². The fourth-order valence-corrected chi connectivity index (χ4v) is 2.00. The number of amides is 1. The molecule has 1 rings (SSSR count). The molecule has 0 saturated carbocycles. The van der Waals surface area contributed by atoms with Crippen LogP contribution in [0.25, 0.3) is 0 Å². The topological polar surface area (TPSA) is 29.1 Å². The first-order valence-electron chi connectivity index (χ1n) is 5.89. The van der Waals surface area contributed by atoms with Crippen molar-refractivity contribution in [1.82, 2.24) is 5.32 Å². The zero-order valence-corrected chi connectivity index (χ0v) is 12.5. The number of rotatable bonds is 5. The summed E-state index contributed by atoms with van der Waals surface area (Å²) in [4.78, 5) is 11.9. The molecule has 0 bridgehead atoms. The Kier molecular flexibility index (Phi) is 5.48. The van der Waals surface area contributed by atoms with Gasteiger partial charge in [-0.15, -0.1) is 23.2 Å². The Balaban J connectivity index is 2.67. The largest absolute Gasteiger partial charge is 0.348 e. The average molecular weight is 288 g/mol. The number of hydrogen-bond donors (Lipinski definition) is 1. The van der Waals surface area contributed by atoms with E-state index in [1.807, 2.05) is 32.0 Å². The number of halogens is 2.